The Kier molecular flexibility index (Phi) is 3.88. The zero-order valence-corrected chi connectivity index (χ0v) is 12.3. The fourth-order valence-electron chi connectivity index (χ4n) is 2.77. The summed E-state index contributed by atoms with van der Waals surface area (Å²) in [6.07, 6.45) is 3.48. The lowest BCUT2D eigenvalue weighted by atomic mass is 9.75. The summed E-state index contributed by atoms with van der Waals surface area (Å²) in [5.74, 6) is -0.496. The average molecular weight is 278 g/mol. The van der Waals surface area contributed by atoms with Crippen molar-refractivity contribution in [1.82, 2.24) is 9.88 Å². The standard InChI is InChI=1S/C15H22N2O3/c1-15(2,3)11-4-6-17(7-5-11)13(18)10-8-12(14(19)20)16-9-10/h8-9,11,16H,4-7H2,1-3H3,(H,19,20). The molecule has 2 heterocycles. The number of amides is 1. The van der Waals surface area contributed by atoms with Crippen LogP contribution in [0.1, 0.15) is 54.5 Å². The summed E-state index contributed by atoms with van der Waals surface area (Å²) in [6.45, 7) is 8.20. The number of carbonyl (C=O) groups excluding carboxylic acids is 1. The van der Waals surface area contributed by atoms with Gasteiger partial charge in [0.05, 0.1) is 5.56 Å². The second-order valence-electron chi connectivity index (χ2n) is 6.54. The average Bonchev–Trinajstić information content (AvgIpc) is 2.86. The minimum atomic E-state index is -1.05. The molecule has 0 atom stereocenters. The Hall–Kier alpha value is -1.78. The van der Waals surface area contributed by atoms with Crippen molar-refractivity contribution in [1.29, 1.82) is 0 Å². The zero-order valence-electron chi connectivity index (χ0n) is 12.3. The van der Waals surface area contributed by atoms with Crippen molar-refractivity contribution in [2.45, 2.75) is 33.6 Å². The molecule has 0 unspecified atom stereocenters. The van der Waals surface area contributed by atoms with Crippen molar-refractivity contribution in [2.24, 2.45) is 11.3 Å². The van der Waals surface area contributed by atoms with Gasteiger partial charge in [0.25, 0.3) is 5.91 Å². The maximum Gasteiger partial charge on any atom is 0.352 e. The van der Waals surface area contributed by atoms with Gasteiger partial charge in [-0.1, -0.05) is 20.8 Å². The molecule has 20 heavy (non-hydrogen) atoms. The van der Waals surface area contributed by atoms with Gasteiger partial charge in [-0.05, 0) is 30.2 Å². The first kappa shape index (κ1) is 14.6. The molecule has 0 aromatic carbocycles. The monoisotopic (exact) mass is 278 g/mol. The van der Waals surface area contributed by atoms with Crippen LogP contribution in [0.3, 0.4) is 0 Å². The molecule has 1 aromatic heterocycles. The highest BCUT2D eigenvalue weighted by molar-refractivity contribution is 5.97. The molecule has 1 amide bonds. The summed E-state index contributed by atoms with van der Waals surface area (Å²) in [4.78, 5) is 27.5. The lowest BCUT2D eigenvalue weighted by molar-refractivity contribution is 0.0609. The normalized spacial score (nSPS) is 17.2. The molecule has 0 saturated carbocycles. The van der Waals surface area contributed by atoms with Crippen LogP contribution in [0.5, 0.6) is 0 Å². The lowest BCUT2D eigenvalue weighted by Gasteiger charge is -2.38. The van der Waals surface area contributed by atoms with E-state index < -0.39 is 5.97 Å². The molecule has 1 aliphatic rings. The fraction of sp³-hybridized carbons (Fsp3) is 0.600. The van der Waals surface area contributed by atoms with Gasteiger partial charge < -0.3 is 15.0 Å². The maximum absolute atomic E-state index is 12.3. The van der Waals surface area contributed by atoms with Gasteiger partial charge in [0.15, 0.2) is 0 Å². The molecule has 110 valence electrons. The Bertz CT molecular complexity index is 505. The van der Waals surface area contributed by atoms with E-state index in [2.05, 4.69) is 25.8 Å². The Morgan fingerprint density at radius 2 is 1.90 bits per heavy atom. The van der Waals surface area contributed by atoms with E-state index in [0.29, 0.717) is 11.5 Å². The van der Waals surface area contributed by atoms with Gasteiger partial charge in [-0.2, -0.15) is 0 Å². The topological polar surface area (TPSA) is 73.4 Å². The maximum atomic E-state index is 12.3. The van der Waals surface area contributed by atoms with E-state index >= 15 is 0 Å². The Morgan fingerprint density at radius 1 is 1.30 bits per heavy atom. The Labute approximate surface area is 119 Å². The van der Waals surface area contributed by atoms with E-state index in [1.807, 2.05) is 4.90 Å². The van der Waals surface area contributed by atoms with Gasteiger partial charge in [-0.15, -0.1) is 0 Å². The number of carbonyl (C=O) groups is 2. The van der Waals surface area contributed by atoms with Crippen molar-refractivity contribution >= 4 is 11.9 Å². The summed E-state index contributed by atoms with van der Waals surface area (Å²) in [5.41, 5.74) is 0.759. The van der Waals surface area contributed by atoms with E-state index in [0.717, 1.165) is 25.9 Å². The van der Waals surface area contributed by atoms with Gasteiger partial charge in [-0.3, -0.25) is 4.79 Å². The minimum absolute atomic E-state index is 0.0536. The quantitative estimate of drug-likeness (QED) is 0.873. The second-order valence-corrected chi connectivity index (χ2v) is 6.54. The van der Waals surface area contributed by atoms with Crippen LogP contribution in [0.25, 0.3) is 0 Å². The number of H-pyrrole nitrogens is 1. The first-order valence-corrected chi connectivity index (χ1v) is 7.00. The van der Waals surface area contributed by atoms with E-state index in [1.165, 1.54) is 12.3 Å². The molecule has 0 aliphatic carbocycles. The van der Waals surface area contributed by atoms with E-state index in [4.69, 9.17) is 5.11 Å². The van der Waals surface area contributed by atoms with Crippen molar-refractivity contribution in [3.8, 4) is 0 Å². The number of carboxylic acids is 1. The highest BCUT2D eigenvalue weighted by Crippen LogP contribution is 2.34. The van der Waals surface area contributed by atoms with E-state index in [1.54, 1.807) is 0 Å². The third-order valence-electron chi connectivity index (χ3n) is 4.17. The number of aromatic amines is 1. The predicted molar refractivity (Wildman–Crippen MR) is 75.8 cm³/mol. The van der Waals surface area contributed by atoms with Crippen LogP contribution in [-0.2, 0) is 0 Å². The van der Waals surface area contributed by atoms with Crippen LogP contribution in [0.2, 0.25) is 0 Å². The first-order valence-electron chi connectivity index (χ1n) is 7.00. The van der Waals surface area contributed by atoms with Crippen molar-refractivity contribution in [3.05, 3.63) is 23.5 Å². The van der Waals surface area contributed by atoms with Crippen LogP contribution in [0.4, 0.5) is 0 Å². The number of carboxylic acid groups (broad SMARTS) is 1. The summed E-state index contributed by atoms with van der Waals surface area (Å²) < 4.78 is 0. The number of aromatic carboxylic acids is 1. The highest BCUT2D eigenvalue weighted by Gasteiger charge is 2.31. The lowest BCUT2D eigenvalue weighted by Crippen LogP contribution is -2.41. The number of hydrogen-bond donors (Lipinski definition) is 2. The van der Waals surface area contributed by atoms with E-state index in [-0.39, 0.29) is 17.0 Å². The van der Waals surface area contributed by atoms with Gasteiger partial charge in [-0.25, -0.2) is 4.79 Å². The molecule has 2 rings (SSSR count). The van der Waals surface area contributed by atoms with E-state index in [9.17, 15) is 9.59 Å². The van der Waals surface area contributed by atoms with Crippen LogP contribution < -0.4 is 0 Å². The van der Waals surface area contributed by atoms with Gasteiger partial charge in [0, 0.05) is 19.3 Å². The number of hydrogen-bond acceptors (Lipinski definition) is 2. The number of aromatic nitrogens is 1. The fourth-order valence-corrected chi connectivity index (χ4v) is 2.77. The molecule has 2 N–H and O–H groups in total. The van der Waals surface area contributed by atoms with Gasteiger partial charge in [0.2, 0.25) is 0 Å². The molecule has 0 radical (unpaired) electrons. The molecule has 1 fully saturated rings. The van der Waals surface area contributed by atoms with Gasteiger partial charge in [0.1, 0.15) is 5.69 Å². The summed E-state index contributed by atoms with van der Waals surface area (Å²) >= 11 is 0. The summed E-state index contributed by atoms with van der Waals surface area (Å²) in [5, 5.41) is 8.86. The highest BCUT2D eigenvalue weighted by atomic mass is 16.4. The Balaban J connectivity index is 1.99. The number of likely N-dealkylation sites (tertiary alicyclic amines) is 1. The molecule has 0 spiro atoms. The number of nitrogens with zero attached hydrogens (tertiary/aromatic N) is 1. The predicted octanol–water partition coefficient (Wildman–Crippen LogP) is 2.61. The smallest absolute Gasteiger partial charge is 0.352 e. The van der Waals surface area contributed by atoms with Crippen molar-refractivity contribution < 1.29 is 14.7 Å². The van der Waals surface area contributed by atoms with Crippen LogP contribution in [0, 0.1) is 11.3 Å². The number of piperidine rings is 1. The zero-order chi connectivity index (χ0) is 14.9. The molecular weight excluding hydrogens is 256 g/mol. The van der Waals surface area contributed by atoms with Gasteiger partial charge >= 0.3 is 5.97 Å². The van der Waals surface area contributed by atoms with Crippen LogP contribution in [0.15, 0.2) is 12.3 Å². The second kappa shape index (κ2) is 5.31. The number of nitrogens with one attached hydrogen (secondary N) is 1. The molecule has 5 heteroatoms. The molecule has 5 nitrogen and oxygen atoms in total. The molecule has 1 saturated heterocycles. The SMILES string of the molecule is CC(C)(C)C1CCN(C(=O)c2c[nH]c(C(=O)O)c2)CC1. The Morgan fingerprint density at radius 3 is 2.35 bits per heavy atom. The van der Waals surface area contributed by atoms with Crippen LogP contribution in [-0.4, -0.2) is 40.0 Å². The molecule has 1 aliphatic heterocycles. The largest absolute Gasteiger partial charge is 0.477 e. The minimum Gasteiger partial charge on any atom is -0.477 e. The summed E-state index contributed by atoms with van der Waals surface area (Å²) in [6, 6.07) is 1.40. The molecular formula is C15H22N2O3. The van der Waals surface area contributed by atoms with Crippen molar-refractivity contribution in [3.63, 3.8) is 0 Å². The third-order valence-corrected chi connectivity index (χ3v) is 4.17. The molecule has 1 aromatic rings. The first-order chi connectivity index (χ1) is 9.29. The third kappa shape index (κ3) is 3.03. The number of rotatable bonds is 2. The van der Waals surface area contributed by atoms with Crippen LogP contribution >= 0.6 is 0 Å². The molecule has 0 bridgehead atoms. The summed E-state index contributed by atoms with van der Waals surface area (Å²) in [7, 11) is 0. The van der Waals surface area contributed by atoms with Crippen molar-refractivity contribution in [2.75, 3.05) is 13.1 Å².